The molecule has 0 radical (unpaired) electrons. The Hall–Kier alpha value is -3.70. The highest BCUT2D eigenvalue weighted by molar-refractivity contribution is 5.85. The van der Waals surface area contributed by atoms with Gasteiger partial charge in [0.15, 0.2) is 11.6 Å². The summed E-state index contributed by atoms with van der Waals surface area (Å²) in [4.78, 5) is 7.04. The fourth-order valence-electron chi connectivity index (χ4n) is 3.99. The largest absolute Gasteiger partial charge is 0.377 e. The van der Waals surface area contributed by atoms with Gasteiger partial charge in [0.2, 0.25) is 0 Å². The quantitative estimate of drug-likeness (QED) is 0.568. The molecule has 0 amide bonds. The first kappa shape index (κ1) is 18.3. The molecule has 0 bridgehead atoms. The van der Waals surface area contributed by atoms with Gasteiger partial charge in [-0.25, -0.2) is 9.50 Å². The number of nitriles is 1. The summed E-state index contributed by atoms with van der Waals surface area (Å²) in [5, 5.41) is 21.4. The second kappa shape index (κ2) is 7.28. The molecule has 4 heterocycles. The van der Waals surface area contributed by atoms with E-state index in [2.05, 4.69) is 34.2 Å². The summed E-state index contributed by atoms with van der Waals surface area (Å²) in [7, 11) is 0. The summed E-state index contributed by atoms with van der Waals surface area (Å²) in [5.74, 6) is 1.56. The molecule has 8 heteroatoms. The number of nitrogens with zero attached hydrogens (tertiary/aromatic N) is 6. The molecule has 1 saturated heterocycles. The molecule has 0 saturated carbocycles. The number of aromatic amines is 1. The van der Waals surface area contributed by atoms with Crippen LogP contribution in [0.4, 0.5) is 5.82 Å². The highest BCUT2D eigenvalue weighted by Crippen LogP contribution is 2.33. The van der Waals surface area contributed by atoms with Crippen molar-refractivity contribution in [3.05, 3.63) is 53.9 Å². The maximum absolute atomic E-state index is 9.39. The van der Waals surface area contributed by atoms with Gasteiger partial charge in [-0.15, -0.1) is 5.10 Å². The Balaban J connectivity index is 1.80. The minimum atomic E-state index is 0.210. The van der Waals surface area contributed by atoms with Crippen molar-refractivity contribution in [2.45, 2.75) is 19.9 Å². The lowest BCUT2D eigenvalue weighted by molar-refractivity contribution is 0.0984. The van der Waals surface area contributed by atoms with Crippen molar-refractivity contribution in [3.63, 3.8) is 0 Å². The van der Waals surface area contributed by atoms with E-state index in [0.717, 1.165) is 40.4 Å². The molecule has 1 atom stereocenters. The molecule has 1 fully saturated rings. The van der Waals surface area contributed by atoms with E-state index in [1.165, 1.54) is 0 Å². The summed E-state index contributed by atoms with van der Waals surface area (Å²) in [6, 6.07) is 14.1. The number of fused-ring (bicyclic) bond motifs is 1. The van der Waals surface area contributed by atoms with Crippen LogP contribution in [-0.4, -0.2) is 50.6 Å². The van der Waals surface area contributed by atoms with Gasteiger partial charge in [0, 0.05) is 18.3 Å². The first-order chi connectivity index (χ1) is 14.7. The Morgan fingerprint density at radius 2 is 2.17 bits per heavy atom. The number of aryl methyl sites for hydroxylation is 1. The average Bonchev–Trinajstić information content (AvgIpc) is 3.42. The summed E-state index contributed by atoms with van der Waals surface area (Å²) >= 11 is 0. The fraction of sp³-hybridized carbons (Fsp3) is 0.273. The minimum absolute atomic E-state index is 0.210. The van der Waals surface area contributed by atoms with Gasteiger partial charge in [0.05, 0.1) is 42.1 Å². The second-order valence-corrected chi connectivity index (χ2v) is 7.48. The van der Waals surface area contributed by atoms with E-state index >= 15 is 0 Å². The third kappa shape index (κ3) is 3.00. The topological polar surface area (TPSA) is 95.1 Å². The smallest absolute Gasteiger partial charge is 0.179 e. The highest BCUT2D eigenvalue weighted by atomic mass is 16.5. The number of ether oxygens (including phenoxy) is 1. The molecule has 1 aliphatic rings. The van der Waals surface area contributed by atoms with Crippen LogP contribution in [0.2, 0.25) is 0 Å². The monoisotopic (exact) mass is 399 g/mol. The predicted molar refractivity (Wildman–Crippen MR) is 113 cm³/mol. The molecule has 30 heavy (non-hydrogen) atoms. The third-order valence-corrected chi connectivity index (χ3v) is 5.47. The maximum atomic E-state index is 9.39. The number of aromatic nitrogens is 5. The van der Waals surface area contributed by atoms with Gasteiger partial charge >= 0.3 is 0 Å². The van der Waals surface area contributed by atoms with Gasteiger partial charge < -0.3 is 9.64 Å². The summed E-state index contributed by atoms with van der Waals surface area (Å²) in [6.07, 6.45) is 1.71. The first-order valence-electron chi connectivity index (χ1n) is 9.91. The van der Waals surface area contributed by atoms with Crippen molar-refractivity contribution in [2.24, 2.45) is 0 Å². The number of hydrogen-bond donors (Lipinski definition) is 1. The molecule has 0 spiro atoms. The van der Waals surface area contributed by atoms with E-state index in [0.29, 0.717) is 24.6 Å². The van der Waals surface area contributed by atoms with Crippen LogP contribution in [0.15, 0.2) is 42.6 Å². The Labute approximate surface area is 173 Å². The SMILES string of the molecule is Cc1nc(-c2ccn[nH]2)n2nc(N3CCOC[C@H]3C)cc(-c3cccc(C#N)c3)c12. The molecular weight excluding hydrogens is 378 g/mol. The van der Waals surface area contributed by atoms with Crippen LogP contribution < -0.4 is 4.90 Å². The number of morpholine rings is 1. The van der Waals surface area contributed by atoms with Crippen molar-refractivity contribution in [2.75, 3.05) is 24.7 Å². The molecule has 150 valence electrons. The molecule has 1 aliphatic heterocycles. The van der Waals surface area contributed by atoms with Gasteiger partial charge in [0.1, 0.15) is 5.69 Å². The first-order valence-corrected chi connectivity index (χ1v) is 9.91. The van der Waals surface area contributed by atoms with Gasteiger partial charge in [-0.3, -0.25) is 5.10 Å². The van der Waals surface area contributed by atoms with Crippen molar-refractivity contribution in [1.29, 1.82) is 5.26 Å². The van der Waals surface area contributed by atoms with Gasteiger partial charge in [0.25, 0.3) is 0 Å². The zero-order valence-corrected chi connectivity index (χ0v) is 16.8. The molecule has 5 rings (SSSR count). The number of anilines is 1. The standard InChI is InChI=1S/C22H21N7O/c1-14-13-30-9-8-28(14)20-11-18(17-5-3-4-16(10-17)12-23)21-15(2)25-22(29(21)27-20)19-6-7-24-26-19/h3-7,10-11,14H,8-9,13H2,1-2H3,(H,24,26)/t14-/m1/s1. The van der Waals surface area contributed by atoms with E-state index in [-0.39, 0.29) is 6.04 Å². The van der Waals surface area contributed by atoms with Gasteiger partial charge in [-0.05, 0) is 43.7 Å². The summed E-state index contributed by atoms with van der Waals surface area (Å²) in [6.45, 7) is 6.21. The fourth-order valence-corrected chi connectivity index (χ4v) is 3.99. The second-order valence-electron chi connectivity index (χ2n) is 7.48. The number of imidazole rings is 1. The molecule has 1 aromatic carbocycles. The maximum Gasteiger partial charge on any atom is 0.179 e. The van der Waals surface area contributed by atoms with E-state index in [1.54, 1.807) is 6.20 Å². The van der Waals surface area contributed by atoms with Crippen LogP contribution in [0.5, 0.6) is 0 Å². The number of hydrogen-bond acceptors (Lipinski definition) is 6. The lowest BCUT2D eigenvalue weighted by Crippen LogP contribution is -2.44. The van der Waals surface area contributed by atoms with Crippen LogP contribution in [0.25, 0.3) is 28.2 Å². The Morgan fingerprint density at radius 3 is 2.93 bits per heavy atom. The van der Waals surface area contributed by atoms with Crippen molar-refractivity contribution < 1.29 is 4.74 Å². The van der Waals surface area contributed by atoms with E-state index in [4.69, 9.17) is 14.8 Å². The van der Waals surface area contributed by atoms with E-state index in [9.17, 15) is 5.26 Å². The summed E-state index contributed by atoms with van der Waals surface area (Å²) in [5.41, 5.74) is 5.16. The molecule has 0 aliphatic carbocycles. The Kier molecular flexibility index (Phi) is 4.45. The Morgan fingerprint density at radius 1 is 1.27 bits per heavy atom. The molecule has 3 aromatic heterocycles. The number of H-pyrrole nitrogens is 1. The predicted octanol–water partition coefficient (Wildman–Crippen LogP) is 3.19. The molecule has 0 unspecified atom stereocenters. The number of benzene rings is 1. The average molecular weight is 399 g/mol. The van der Waals surface area contributed by atoms with Crippen molar-refractivity contribution in [3.8, 4) is 28.7 Å². The molecular formula is C22H21N7O. The third-order valence-electron chi connectivity index (χ3n) is 5.47. The van der Waals surface area contributed by atoms with Crippen LogP contribution in [-0.2, 0) is 4.74 Å². The van der Waals surface area contributed by atoms with E-state index < -0.39 is 0 Å². The van der Waals surface area contributed by atoms with Crippen molar-refractivity contribution in [1.82, 2.24) is 24.8 Å². The normalized spacial score (nSPS) is 16.7. The van der Waals surface area contributed by atoms with Crippen LogP contribution >= 0.6 is 0 Å². The lowest BCUT2D eigenvalue weighted by atomic mass is 10.0. The van der Waals surface area contributed by atoms with Crippen LogP contribution in [0.1, 0.15) is 18.2 Å². The zero-order valence-electron chi connectivity index (χ0n) is 16.8. The Bertz CT molecular complexity index is 1250. The minimum Gasteiger partial charge on any atom is -0.377 e. The van der Waals surface area contributed by atoms with Crippen LogP contribution in [0.3, 0.4) is 0 Å². The number of nitrogens with one attached hydrogen (secondary N) is 1. The molecule has 1 N–H and O–H groups in total. The van der Waals surface area contributed by atoms with Crippen molar-refractivity contribution >= 4 is 11.3 Å². The van der Waals surface area contributed by atoms with Gasteiger partial charge in [-0.2, -0.15) is 10.4 Å². The lowest BCUT2D eigenvalue weighted by Gasteiger charge is -2.34. The van der Waals surface area contributed by atoms with Gasteiger partial charge in [-0.1, -0.05) is 12.1 Å². The zero-order chi connectivity index (χ0) is 20.7. The molecule has 4 aromatic rings. The van der Waals surface area contributed by atoms with E-state index in [1.807, 2.05) is 41.8 Å². The van der Waals surface area contributed by atoms with Crippen LogP contribution in [0, 0.1) is 18.3 Å². The summed E-state index contributed by atoms with van der Waals surface area (Å²) < 4.78 is 7.50. The molecule has 8 nitrogen and oxygen atoms in total. The number of rotatable bonds is 3. The highest BCUT2D eigenvalue weighted by Gasteiger charge is 2.24.